The molecule has 0 aromatic carbocycles. The Balaban J connectivity index is 2.22. The quantitative estimate of drug-likeness (QED) is 0.639. The number of methoxy groups -OCH3 is 1. The van der Waals surface area contributed by atoms with Crippen LogP contribution >= 0.6 is 24.0 Å². The van der Waals surface area contributed by atoms with Gasteiger partial charge in [-0.3, -0.25) is 4.79 Å². The lowest BCUT2D eigenvalue weighted by Crippen LogP contribution is -2.17. The summed E-state index contributed by atoms with van der Waals surface area (Å²) in [6.07, 6.45) is 3.38. The van der Waals surface area contributed by atoms with Crippen LogP contribution in [0, 0.1) is 0 Å². The lowest BCUT2D eigenvalue weighted by molar-refractivity contribution is -0.115. The van der Waals surface area contributed by atoms with Gasteiger partial charge in [0.1, 0.15) is 4.32 Å². The van der Waals surface area contributed by atoms with Crippen molar-refractivity contribution < 1.29 is 9.53 Å². The summed E-state index contributed by atoms with van der Waals surface area (Å²) in [5, 5.41) is 2.55. The second-order valence-corrected chi connectivity index (χ2v) is 4.70. The van der Waals surface area contributed by atoms with Crippen molar-refractivity contribution in [3.05, 3.63) is 28.8 Å². The molecule has 1 fully saturated rings. The number of thiocarbonyl (C=S) groups is 1. The second-order valence-electron chi connectivity index (χ2n) is 2.99. The maximum atomic E-state index is 11.4. The number of hydrogen-bond donors (Lipinski definition) is 1. The van der Waals surface area contributed by atoms with Crippen molar-refractivity contribution in [3.8, 4) is 5.88 Å². The minimum Gasteiger partial charge on any atom is -0.481 e. The van der Waals surface area contributed by atoms with E-state index in [-0.39, 0.29) is 5.91 Å². The molecule has 82 valence electrons. The van der Waals surface area contributed by atoms with Gasteiger partial charge in [0.15, 0.2) is 0 Å². The Morgan fingerprint density at radius 3 is 2.88 bits per heavy atom. The van der Waals surface area contributed by atoms with E-state index in [0.29, 0.717) is 15.1 Å². The number of aromatic nitrogens is 1. The molecule has 2 heterocycles. The Kier molecular flexibility index (Phi) is 3.21. The molecule has 2 rings (SSSR count). The SMILES string of the molecule is COc1ccc(/C=C2/SC(=S)NC2=O)cn1. The van der Waals surface area contributed by atoms with Gasteiger partial charge in [-0.05, 0) is 17.7 Å². The van der Waals surface area contributed by atoms with Gasteiger partial charge in [0, 0.05) is 12.3 Å². The zero-order valence-corrected chi connectivity index (χ0v) is 10.0. The topological polar surface area (TPSA) is 51.2 Å². The third-order valence-electron chi connectivity index (χ3n) is 1.91. The first-order valence-electron chi connectivity index (χ1n) is 4.44. The molecular formula is C10H8N2O2S2. The van der Waals surface area contributed by atoms with Crippen LogP contribution in [0.1, 0.15) is 5.56 Å². The van der Waals surface area contributed by atoms with Crippen molar-refractivity contribution in [1.29, 1.82) is 0 Å². The number of pyridine rings is 1. The van der Waals surface area contributed by atoms with Crippen molar-refractivity contribution in [2.75, 3.05) is 7.11 Å². The summed E-state index contributed by atoms with van der Waals surface area (Å²) in [4.78, 5) is 16.0. The van der Waals surface area contributed by atoms with E-state index in [1.165, 1.54) is 11.8 Å². The summed E-state index contributed by atoms with van der Waals surface area (Å²) < 4.78 is 5.42. The number of nitrogens with one attached hydrogen (secondary N) is 1. The molecule has 0 radical (unpaired) electrons. The van der Waals surface area contributed by atoms with Crippen LogP contribution in [0.25, 0.3) is 6.08 Å². The molecule has 0 saturated carbocycles. The molecule has 0 spiro atoms. The summed E-state index contributed by atoms with van der Waals surface area (Å²) in [5.41, 5.74) is 0.836. The molecule has 0 atom stereocenters. The third kappa shape index (κ3) is 2.40. The van der Waals surface area contributed by atoms with Gasteiger partial charge in [0.25, 0.3) is 5.91 Å². The Morgan fingerprint density at radius 1 is 1.56 bits per heavy atom. The fourth-order valence-corrected chi connectivity index (χ4v) is 2.21. The summed E-state index contributed by atoms with van der Waals surface area (Å²) in [7, 11) is 1.55. The predicted molar refractivity (Wildman–Crippen MR) is 67.1 cm³/mol. The van der Waals surface area contributed by atoms with E-state index in [9.17, 15) is 4.79 Å². The lowest BCUT2D eigenvalue weighted by atomic mass is 10.2. The number of nitrogens with zero attached hydrogens (tertiary/aromatic N) is 1. The van der Waals surface area contributed by atoms with Crippen LogP contribution < -0.4 is 10.1 Å². The first-order chi connectivity index (χ1) is 7.69. The van der Waals surface area contributed by atoms with Gasteiger partial charge >= 0.3 is 0 Å². The van der Waals surface area contributed by atoms with Gasteiger partial charge in [-0.25, -0.2) is 4.98 Å². The highest BCUT2D eigenvalue weighted by molar-refractivity contribution is 8.26. The van der Waals surface area contributed by atoms with Gasteiger partial charge in [-0.1, -0.05) is 24.0 Å². The van der Waals surface area contributed by atoms with Crippen LogP contribution in [-0.2, 0) is 4.79 Å². The number of carbonyl (C=O) groups is 1. The average molecular weight is 252 g/mol. The monoisotopic (exact) mass is 252 g/mol. The van der Waals surface area contributed by atoms with Crippen LogP contribution in [0.3, 0.4) is 0 Å². The molecule has 6 heteroatoms. The molecular weight excluding hydrogens is 244 g/mol. The highest BCUT2D eigenvalue weighted by Crippen LogP contribution is 2.25. The largest absolute Gasteiger partial charge is 0.481 e. The van der Waals surface area contributed by atoms with Gasteiger partial charge < -0.3 is 10.1 Å². The molecule has 1 aliphatic rings. The van der Waals surface area contributed by atoms with Crippen molar-refractivity contribution in [2.24, 2.45) is 0 Å². The molecule has 0 aliphatic carbocycles. The molecule has 1 aromatic heterocycles. The molecule has 1 aromatic rings. The fourth-order valence-electron chi connectivity index (χ4n) is 1.17. The molecule has 1 aliphatic heterocycles. The predicted octanol–water partition coefficient (Wildman–Crippen LogP) is 1.58. The zero-order chi connectivity index (χ0) is 11.5. The Morgan fingerprint density at radius 2 is 2.38 bits per heavy atom. The first-order valence-corrected chi connectivity index (χ1v) is 5.66. The highest BCUT2D eigenvalue weighted by Gasteiger charge is 2.21. The summed E-state index contributed by atoms with van der Waals surface area (Å²) in [5.74, 6) is 0.381. The number of thioether (sulfide) groups is 1. The maximum absolute atomic E-state index is 11.4. The minimum absolute atomic E-state index is 0.161. The molecule has 16 heavy (non-hydrogen) atoms. The standard InChI is InChI=1S/C10H8N2O2S2/c1-14-8-3-2-6(5-11-8)4-7-9(13)12-10(15)16-7/h2-5H,1H3,(H,12,13,15)/b7-4+. The van der Waals surface area contributed by atoms with Crippen molar-refractivity contribution in [3.63, 3.8) is 0 Å². The molecule has 4 nitrogen and oxygen atoms in total. The molecule has 1 saturated heterocycles. The van der Waals surface area contributed by atoms with E-state index in [1.54, 1.807) is 25.4 Å². The van der Waals surface area contributed by atoms with Crippen molar-refractivity contribution in [1.82, 2.24) is 10.3 Å². The van der Waals surface area contributed by atoms with E-state index in [2.05, 4.69) is 10.3 Å². The fraction of sp³-hybridized carbons (Fsp3) is 0.100. The number of ether oxygens (including phenoxy) is 1. The number of amides is 1. The summed E-state index contributed by atoms with van der Waals surface area (Å²) in [6.45, 7) is 0. The van der Waals surface area contributed by atoms with Crippen molar-refractivity contribution in [2.45, 2.75) is 0 Å². The van der Waals surface area contributed by atoms with Gasteiger partial charge in [0.05, 0.1) is 12.0 Å². The summed E-state index contributed by atoms with van der Waals surface area (Å²) in [6, 6.07) is 3.57. The summed E-state index contributed by atoms with van der Waals surface area (Å²) >= 11 is 6.13. The maximum Gasteiger partial charge on any atom is 0.263 e. The average Bonchev–Trinajstić information content (AvgIpc) is 2.59. The minimum atomic E-state index is -0.161. The lowest BCUT2D eigenvalue weighted by Gasteiger charge is -1.98. The van der Waals surface area contributed by atoms with E-state index in [1.807, 2.05) is 6.07 Å². The number of hydrogen-bond acceptors (Lipinski definition) is 5. The second kappa shape index (κ2) is 4.63. The molecule has 1 N–H and O–H groups in total. The van der Waals surface area contributed by atoms with Crippen molar-refractivity contribution >= 4 is 40.3 Å². The number of rotatable bonds is 2. The Hall–Kier alpha value is -1.40. The smallest absolute Gasteiger partial charge is 0.263 e. The zero-order valence-electron chi connectivity index (χ0n) is 8.39. The van der Waals surface area contributed by atoms with Crippen LogP contribution in [0.15, 0.2) is 23.2 Å². The van der Waals surface area contributed by atoms with Gasteiger partial charge in [-0.15, -0.1) is 0 Å². The van der Waals surface area contributed by atoms with Crippen LogP contribution in [0.2, 0.25) is 0 Å². The van der Waals surface area contributed by atoms with Crippen LogP contribution in [0.4, 0.5) is 0 Å². The van der Waals surface area contributed by atoms with E-state index in [4.69, 9.17) is 17.0 Å². The molecule has 0 unspecified atom stereocenters. The molecule has 1 amide bonds. The molecule has 0 bridgehead atoms. The number of carbonyl (C=O) groups excluding carboxylic acids is 1. The third-order valence-corrected chi connectivity index (χ3v) is 3.07. The van der Waals surface area contributed by atoms with E-state index < -0.39 is 0 Å². The van der Waals surface area contributed by atoms with Gasteiger partial charge in [-0.2, -0.15) is 0 Å². The van der Waals surface area contributed by atoms with Crippen LogP contribution in [0.5, 0.6) is 5.88 Å². The normalized spacial score (nSPS) is 17.7. The Bertz CT molecular complexity index is 468. The van der Waals surface area contributed by atoms with E-state index >= 15 is 0 Å². The Labute approximate surface area is 102 Å². The highest BCUT2D eigenvalue weighted by atomic mass is 32.2. The van der Waals surface area contributed by atoms with Crippen LogP contribution in [-0.4, -0.2) is 22.3 Å². The first kappa shape index (κ1) is 11.1. The van der Waals surface area contributed by atoms with Gasteiger partial charge in [0.2, 0.25) is 5.88 Å². The van der Waals surface area contributed by atoms with E-state index in [0.717, 1.165) is 5.56 Å².